The molecule has 0 aliphatic heterocycles. The Balaban J connectivity index is 2.42. The molecular weight excluding hydrogens is 210 g/mol. The highest BCUT2D eigenvalue weighted by atomic mass is 16.5. The Hall–Kier alpha value is -2.30. The monoisotopic (exact) mass is 219 g/mol. The van der Waals surface area contributed by atoms with E-state index in [2.05, 4.69) is 9.68 Å². The zero-order valence-corrected chi connectivity index (χ0v) is 8.47. The van der Waals surface area contributed by atoms with Gasteiger partial charge in [-0.25, -0.2) is 4.79 Å². The number of nitrogens with zero attached hydrogens (tertiary/aromatic N) is 1. The van der Waals surface area contributed by atoms with Gasteiger partial charge in [0.2, 0.25) is 5.76 Å². The maximum absolute atomic E-state index is 10.6. The van der Waals surface area contributed by atoms with Crippen molar-refractivity contribution in [3.05, 3.63) is 35.6 Å². The second-order valence-corrected chi connectivity index (χ2v) is 3.38. The molecule has 1 aromatic carbocycles. The number of aromatic carboxylic acids is 1. The van der Waals surface area contributed by atoms with Gasteiger partial charge >= 0.3 is 5.97 Å². The Kier molecular flexibility index (Phi) is 2.36. The van der Waals surface area contributed by atoms with Gasteiger partial charge in [-0.3, -0.25) is 0 Å². The minimum absolute atomic E-state index is 0.136. The van der Waals surface area contributed by atoms with E-state index < -0.39 is 5.97 Å². The van der Waals surface area contributed by atoms with E-state index in [9.17, 15) is 9.90 Å². The van der Waals surface area contributed by atoms with Gasteiger partial charge in [0, 0.05) is 11.6 Å². The first kappa shape index (κ1) is 10.2. The van der Waals surface area contributed by atoms with E-state index >= 15 is 0 Å². The largest absolute Gasteiger partial charge is 0.508 e. The van der Waals surface area contributed by atoms with Crippen LogP contribution in [0.2, 0.25) is 0 Å². The number of carbonyl (C=O) groups is 1. The molecule has 0 unspecified atom stereocenters. The molecule has 1 heterocycles. The standard InChI is InChI=1S/C11H9NO4/c1-6-2-3-7(4-9(6)13)8-5-10(11(14)15)16-12-8/h2-5,13H,1H3,(H,14,15). The van der Waals surface area contributed by atoms with Crippen LogP contribution in [0.15, 0.2) is 28.8 Å². The summed E-state index contributed by atoms with van der Waals surface area (Å²) in [6.45, 7) is 1.77. The number of phenols is 1. The third kappa shape index (κ3) is 1.75. The summed E-state index contributed by atoms with van der Waals surface area (Å²) in [7, 11) is 0. The molecule has 2 N–H and O–H groups in total. The smallest absolute Gasteiger partial charge is 0.374 e. The Morgan fingerprint density at radius 3 is 2.69 bits per heavy atom. The van der Waals surface area contributed by atoms with Crippen LogP contribution in [0.1, 0.15) is 16.1 Å². The maximum atomic E-state index is 10.6. The van der Waals surface area contributed by atoms with Crippen LogP contribution in [-0.2, 0) is 0 Å². The van der Waals surface area contributed by atoms with Gasteiger partial charge in [0.15, 0.2) is 0 Å². The quantitative estimate of drug-likeness (QED) is 0.807. The van der Waals surface area contributed by atoms with E-state index in [-0.39, 0.29) is 11.5 Å². The predicted molar refractivity (Wildman–Crippen MR) is 55.3 cm³/mol. The van der Waals surface area contributed by atoms with Crippen molar-refractivity contribution in [2.24, 2.45) is 0 Å². The maximum Gasteiger partial charge on any atom is 0.374 e. The van der Waals surface area contributed by atoms with E-state index in [0.717, 1.165) is 5.56 Å². The van der Waals surface area contributed by atoms with Crippen LogP contribution in [0.3, 0.4) is 0 Å². The van der Waals surface area contributed by atoms with Gasteiger partial charge in [-0.1, -0.05) is 17.3 Å². The fourth-order valence-electron chi connectivity index (χ4n) is 1.28. The number of benzene rings is 1. The highest BCUT2D eigenvalue weighted by Crippen LogP contribution is 2.25. The molecule has 0 fully saturated rings. The van der Waals surface area contributed by atoms with Crippen molar-refractivity contribution in [3.8, 4) is 17.0 Å². The second kappa shape index (κ2) is 3.69. The summed E-state index contributed by atoms with van der Waals surface area (Å²) in [6.07, 6.45) is 0. The number of aromatic hydroxyl groups is 1. The first-order valence-electron chi connectivity index (χ1n) is 4.58. The summed E-state index contributed by atoms with van der Waals surface area (Å²) in [5.74, 6) is -1.26. The summed E-state index contributed by atoms with van der Waals surface area (Å²) in [5.41, 5.74) is 1.73. The van der Waals surface area contributed by atoms with Crippen LogP contribution >= 0.6 is 0 Å². The van der Waals surface area contributed by atoms with Crippen molar-refractivity contribution in [2.45, 2.75) is 6.92 Å². The molecule has 0 spiro atoms. The number of carboxylic acids is 1. The van der Waals surface area contributed by atoms with Gasteiger partial charge in [0.05, 0.1) is 0 Å². The summed E-state index contributed by atoms with van der Waals surface area (Å²) in [5, 5.41) is 21.8. The summed E-state index contributed by atoms with van der Waals surface area (Å²) in [6, 6.07) is 6.28. The van der Waals surface area contributed by atoms with E-state index in [1.165, 1.54) is 12.1 Å². The number of phenolic OH excluding ortho intramolecular Hbond substituents is 1. The number of aromatic nitrogens is 1. The predicted octanol–water partition coefficient (Wildman–Crippen LogP) is 2.05. The minimum Gasteiger partial charge on any atom is -0.508 e. The molecule has 82 valence electrons. The average molecular weight is 219 g/mol. The average Bonchev–Trinajstić information content (AvgIpc) is 2.71. The molecule has 16 heavy (non-hydrogen) atoms. The minimum atomic E-state index is -1.17. The molecule has 0 aliphatic rings. The number of hydrogen-bond donors (Lipinski definition) is 2. The van der Waals surface area contributed by atoms with Gasteiger partial charge < -0.3 is 14.7 Å². The molecule has 5 heteroatoms. The van der Waals surface area contributed by atoms with E-state index in [0.29, 0.717) is 11.3 Å². The van der Waals surface area contributed by atoms with E-state index in [1.54, 1.807) is 19.1 Å². The first-order valence-corrected chi connectivity index (χ1v) is 4.58. The number of carboxylic acid groups (broad SMARTS) is 1. The number of hydrogen-bond acceptors (Lipinski definition) is 4. The Morgan fingerprint density at radius 2 is 2.12 bits per heavy atom. The Bertz CT molecular complexity index is 545. The third-order valence-corrected chi connectivity index (χ3v) is 2.23. The molecule has 0 bridgehead atoms. The fourth-order valence-corrected chi connectivity index (χ4v) is 1.28. The molecule has 5 nitrogen and oxygen atoms in total. The molecule has 0 saturated heterocycles. The molecular formula is C11H9NO4. The molecule has 0 atom stereocenters. The van der Waals surface area contributed by atoms with Gasteiger partial charge in [-0.05, 0) is 18.6 Å². The molecule has 0 aliphatic carbocycles. The Labute approximate surface area is 90.9 Å². The van der Waals surface area contributed by atoms with Crippen LogP contribution in [0, 0.1) is 6.92 Å². The van der Waals surface area contributed by atoms with Gasteiger partial charge in [-0.2, -0.15) is 0 Å². The molecule has 0 amide bonds. The lowest BCUT2D eigenvalue weighted by Crippen LogP contribution is -1.91. The normalized spacial score (nSPS) is 10.3. The number of aryl methyl sites for hydroxylation is 1. The van der Waals surface area contributed by atoms with E-state index in [4.69, 9.17) is 5.11 Å². The molecule has 0 radical (unpaired) electrons. The molecule has 2 rings (SSSR count). The van der Waals surface area contributed by atoms with Crippen LogP contribution in [-0.4, -0.2) is 21.3 Å². The second-order valence-electron chi connectivity index (χ2n) is 3.38. The van der Waals surface area contributed by atoms with Crippen molar-refractivity contribution in [1.82, 2.24) is 5.16 Å². The van der Waals surface area contributed by atoms with Crippen LogP contribution in [0.5, 0.6) is 5.75 Å². The lowest BCUT2D eigenvalue weighted by Gasteiger charge is -1.99. The van der Waals surface area contributed by atoms with Crippen molar-refractivity contribution in [2.75, 3.05) is 0 Å². The summed E-state index contributed by atoms with van der Waals surface area (Å²) >= 11 is 0. The van der Waals surface area contributed by atoms with Crippen LogP contribution < -0.4 is 0 Å². The Morgan fingerprint density at radius 1 is 1.38 bits per heavy atom. The fraction of sp³-hybridized carbons (Fsp3) is 0.0909. The van der Waals surface area contributed by atoms with Crippen LogP contribution in [0.25, 0.3) is 11.3 Å². The summed E-state index contributed by atoms with van der Waals surface area (Å²) in [4.78, 5) is 10.6. The lowest BCUT2D eigenvalue weighted by atomic mass is 10.1. The van der Waals surface area contributed by atoms with E-state index in [1.807, 2.05) is 0 Å². The molecule has 0 saturated carbocycles. The summed E-state index contributed by atoms with van der Waals surface area (Å²) < 4.78 is 4.62. The van der Waals surface area contributed by atoms with Gasteiger partial charge in [0.25, 0.3) is 0 Å². The zero-order valence-electron chi connectivity index (χ0n) is 8.47. The van der Waals surface area contributed by atoms with Gasteiger partial charge in [0.1, 0.15) is 11.4 Å². The molecule has 2 aromatic rings. The SMILES string of the molecule is Cc1ccc(-c2cc(C(=O)O)on2)cc1O. The van der Waals surface area contributed by atoms with Gasteiger partial charge in [-0.15, -0.1) is 0 Å². The highest BCUT2D eigenvalue weighted by Gasteiger charge is 2.12. The van der Waals surface area contributed by atoms with Crippen LogP contribution in [0.4, 0.5) is 0 Å². The van der Waals surface area contributed by atoms with Crippen molar-refractivity contribution < 1.29 is 19.5 Å². The van der Waals surface area contributed by atoms with Crippen molar-refractivity contribution >= 4 is 5.97 Å². The number of rotatable bonds is 2. The highest BCUT2D eigenvalue weighted by molar-refractivity contribution is 5.85. The van der Waals surface area contributed by atoms with Crippen molar-refractivity contribution in [1.29, 1.82) is 0 Å². The third-order valence-electron chi connectivity index (χ3n) is 2.23. The lowest BCUT2D eigenvalue weighted by molar-refractivity contribution is 0.0652. The molecule has 1 aromatic heterocycles. The zero-order chi connectivity index (χ0) is 11.7. The first-order chi connectivity index (χ1) is 7.58. The topological polar surface area (TPSA) is 83.6 Å². The van der Waals surface area contributed by atoms with Crippen molar-refractivity contribution in [3.63, 3.8) is 0 Å².